The lowest BCUT2D eigenvalue weighted by Gasteiger charge is -2.30. The molecule has 2 aliphatic heterocycles. The van der Waals surface area contributed by atoms with Crippen molar-refractivity contribution in [3.63, 3.8) is 0 Å². The number of aromatic nitrogens is 4. The van der Waals surface area contributed by atoms with Crippen molar-refractivity contribution in [1.29, 1.82) is 0 Å². The first kappa shape index (κ1) is 37.4. The molecule has 0 aliphatic carbocycles. The van der Waals surface area contributed by atoms with E-state index in [2.05, 4.69) is 44.4 Å². The van der Waals surface area contributed by atoms with E-state index in [9.17, 15) is 14.4 Å². The molecule has 0 spiro atoms. The molecular weight excluding hydrogens is 674 g/mol. The Bertz CT molecular complexity index is 1900. The molecule has 282 valence electrons. The second kappa shape index (κ2) is 17.0. The van der Waals surface area contributed by atoms with Crippen molar-refractivity contribution >= 4 is 17.9 Å². The van der Waals surface area contributed by atoms with Gasteiger partial charge in [0.25, 0.3) is 0 Å². The number of methoxy groups -OCH3 is 1. The Labute approximate surface area is 310 Å². The highest BCUT2D eigenvalue weighted by molar-refractivity contribution is 5.86. The van der Waals surface area contributed by atoms with Crippen LogP contribution in [-0.4, -0.2) is 69.0 Å². The molecule has 6 rings (SSSR count). The number of imidazole rings is 2. The Hall–Kier alpha value is -5.33. The Kier molecular flexibility index (Phi) is 12.0. The third-order valence-corrected chi connectivity index (χ3v) is 10.4. The third-order valence-electron chi connectivity index (χ3n) is 10.4. The van der Waals surface area contributed by atoms with Gasteiger partial charge in [0, 0.05) is 37.1 Å². The van der Waals surface area contributed by atoms with E-state index in [1.807, 2.05) is 61.3 Å². The highest BCUT2D eigenvalue weighted by Gasteiger charge is 2.38. The lowest BCUT2D eigenvalue weighted by atomic mass is 9.97. The van der Waals surface area contributed by atoms with Gasteiger partial charge >= 0.3 is 6.09 Å². The van der Waals surface area contributed by atoms with Crippen LogP contribution in [0.1, 0.15) is 90.3 Å². The van der Waals surface area contributed by atoms with Crippen molar-refractivity contribution in [3.05, 3.63) is 60.4 Å². The van der Waals surface area contributed by atoms with E-state index < -0.39 is 12.1 Å². The summed E-state index contributed by atoms with van der Waals surface area (Å²) in [5.74, 6) is 4.34. The first-order valence-corrected chi connectivity index (χ1v) is 18.8. The molecule has 4 atom stereocenters. The maximum atomic E-state index is 13.7. The van der Waals surface area contributed by atoms with E-state index in [1.54, 1.807) is 6.20 Å². The summed E-state index contributed by atoms with van der Waals surface area (Å²) < 4.78 is 17.4. The fraction of sp³-hybridized carbons (Fsp3) is 0.475. The zero-order valence-corrected chi connectivity index (χ0v) is 31.3. The first-order valence-electron chi connectivity index (χ1n) is 18.8. The molecule has 2 aromatic carbocycles. The Balaban J connectivity index is 1.06. The summed E-state index contributed by atoms with van der Waals surface area (Å²) in [6.07, 6.45) is 9.52. The fourth-order valence-electron chi connectivity index (χ4n) is 6.75. The molecule has 0 saturated carbocycles. The molecule has 1 fully saturated rings. The minimum atomic E-state index is -0.683. The number of fused-ring (bicyclic) bond motifs is 2. The summed E-state index contributed by atoms with van der Waals surface area (Å²) in [5, 5.41) is 5.76. The van der Waals surface area contributed by atoms with Crippen LogP contribution < -0.4 is 20.1 Å². The molecular formula is C40H51N7O6. The van der Waals surface area contributed by atoms with Crippen LogP contribution in [0.3, 0.4) is 0 Å². The highest BCUT2D eigenvalue weighted by atomic mass is 16.6. The number of alkyl carbamates (subject to hydrolysis) is 1. The number of hydrogen-bond acceptors (Lipinski definition) is 8. The number of benzene rings is 2. The number of H-pyrrole nitrogens is 2. The highest BCUT2D eigenvalue weighted by Crippen LogP contribution is 2.47. The Morgan fingerprint density at radius 1 is 0.925 bits per heavy atom. The summed E-state index contributed by atoms with van der Waals surface area (Å²) >= 11 is 0. The van der Waals surface area contributed by atoms with Gasteiger partial charge in [0.2, 0.25) is 11.8 Å². The van der Waals surface area contributed by atoms with Gasteiger partial charge in [-0.1, -0.05) is 40.5 Å². The monoisotopic (exact) mass is 725 g/mol. The largest absolute Gasteiger partial charge is 0.453 e. The Morgan fingerprint density at radius 2 is 1.60 bits per heavy atom. The predicted molar refractivity (Wildman–Crippen MR) is 201 cm³/mol. The van der Waals surface area contributed by atoms with E-state index >= 15 is 0 Å². The maximum Gasteiger partial charge on any atom is 0.407 e. The number of aromatic amines is 2. The molecule has 13 heteroatoms. The molecule has 53 heavy (non-hydrogen) atoms. The van der Waals surface area contributed by atoms with E-state index in [-0.39, 0.29) is 23.8 Å². The molecule has 4 N–H and O–H groups in total. The number of likely N-dealkylation sites (tertiary alicyclic amines) is 1. The van der Waals surface area contributed by atoms with Crippen molar-refractivity contribution in [1.82, 2.24) is 35.5 Å². The molecule has 4 aromatic rings. The summed E-state index contributed by atoms with van der Waals surface area (Å²) in [6, 6.07) is 10.6. The quantitative estimate of drug-likeness (QED) is 0.0799. The average molecular weight is 726 g/mol. The van der Waals surface area contributed by atoms with Crippen molar-refractivity contribution < 1.29 is 28.6 Å². The van der Waals surface area contributed by atoms with Crippen molar-refractivity contribution in [3.8, 4) is 45.5 Å². The number of ether oxygens (including phenoxy) is 3. The standard InChI is InChI=1S/C40H51N7O6/c1-6-24(3)19-36(48)41-17-9-8-12-35-42-22-28(44-35)26-13-15-31-33(20-26)52-32-16-14-27(21-34(32)53-31)29-23-43-38(45-29)30-11-10-18-47(30)39(49)37(25(4)7-2)46-40(50)51-5/h13-16,20-25,30,37H,6-12,17-19H2,1-5H3,(H,41,48)(H,42,44)(H,43,45)(H,46,50). The molecule has 0 radical (unpaired) electrons. The second-order valence-corrected chi connectivity index (χ2v) is 14.2. The van der Waals surface area contributed by atoms with E-state index in [0.29, 0.717) is 54.3 Å². The molecule has 2 aromatic heterocycles. The van der Waals surface area contributed by atoms with Gasteiger partial charge in [-0.3, -0.25) is 9.59 Å². The molecule has 0 bridgehead atoms. The van der Waals surface area contributed by atoms with Crippen molar-refractivity contribution in [2.45, 2.75) is 91.1 Å². The minimum Gasteiger partial charge on any atom is -0.453 e. The predicted octanol–water partition coefficient (Wildman–Crippen LogP) is 7.67. The van der Waals surface area contributed by atoms with E-state index in [4.69, 9.17) is 14.2 Å². The lowest BCUT2D eigenvalue weighted by molar-refractivity contribution is -0.135. The van der Waals surface area contributed by atoms with Crippen LogP contribution >= 0.6 is 0 Å². The van der Waals surface area contributed by atoms with Crippen LogP contribution in [0.25, 0.3) is 22.5 Å². The molecule has 1 saturated heterocycles. The Morgan fingerprint density at radius 3 is 2.26 bits per heavy atom. The van der Waals surface area contributed by atoms with Crippen LogP contribution in [0.4, 0.5) is 4.79 Å². The number of unbranched alkanes of at least 4 members (excludes halogenated alkanes) is 1. The number of carbonyl (C=O) groups excluding carboxylic acids is 3. The smallest absolute Gasteiger partial charge is 0.407 e. The van der Waals surface area contributed by atoms with Crippen LogP contribution in [0, 0.1) is 11.8 Å². The number of nitrogens with one attached hydrogen (secondary N) is 4. The zero-order valence-electron chi connectivity index (χ0n) is 31.3. The number of amides is 3. The van der Waals surface area contributed by atoms with Gasteiger partial charge in [-0.25, -0.2) is 14.8 Å². The summed E-state index contributed by atoms with van der Waals surface area (Å²) in [5.41, 5.74) is 3.48. The van der Waals surface area contributed by atoms with Crippen LogP contribution in [0.5, 0.6) is 23.0 Å². The number of rotatable bonds is 15. The molecule has 4 heterocycles. The molecule has 2 aliphatic rings. The molecule has 3 amide bonds. The SMILES string of the molecule is CCC(C)CC(=O)NCCCCc1ncc(-c2ccc3c(c2)Oc2ccc(-c4cnc(C5CCCN5C(=O)C(NC(=O)OC)C(C)CC)[nH]4)cc2O3)[nH]1. The van der Waals surface area contributed by atoms with Crippen LogP contribution in [-0.2, 0) is 20.7 Å². The number of nitrogens with zero attached hydrogens (tertiary/aromatic N) is 3. The first-order chi connectivity index (χ1) is 25.7. The molecule has 4 unspecified atom stereocenters. The topological polar surface area (TPSA) is 164 Å². The summed E-state index contributed by atoms with van der Waals surface area (Å²) in [4.78, 5) is 55.7. The maximum absolute atomic E-state index is 13.7. The van der Waals surface area contributed by atoms with E-state index in [0.717, 1.165) is 73.3 Å². The summed E-state index contributed by atoms with van der Waals surface area (Å²) in [7, 11) is 1.30. The van der Waals surface area contributed by atoms with Gasteiger partial charge in [0.15, 0.2) is 23.0 Å². The zero-order chi connectivity index (χ0) is 37.5. The van der Waals surface area contributed by atoms with Crippen molar-refractivity contribution in [2.75, 3.05) is 20.2 Å². The lowest BCUT2D eigenvalue weighted by Crippen LogP contribution is -2.51. The fourth-order valence-corrected chi connectivity index (χ4v) is 6.75. The van der Waals surface area contributed by atoms with E-state index in [1.165, 1.54) is 7.11 Å². The average Bonchev–Trinajstić information content (AvgIpc) is 3.96. The minimum absolute atomic E-state index is 0.0599. The van der Waals surface area contributed by atoms with Gasteiger partial charge in [0.1, 0.15) is 17.7 Å². The number of hydrogen-bond donors (Lipinski definition) is 4. The van der Waals surface area contributed by atoms with Gasteiger partial charge < -0.3 is 39.7 Å². The molecule has 13 nitrogen and oxygen atoms in total. The third kappa shape index (κ3) is 8.83. The summed E-state index contributed by atoms with van der Waals surface area (Å²) in [6.45, 7) is 9.41. The number of carbonyl (C=O) groups is 3. The van der Waals surface area contributed by atoms with Crippen LogP contribution in [0.2, 0.25) is 0 Å². The van der Waals surface area contributed by atoms with Gasteiger partial charge in [-0.2, -0.15) is 0 Å². The normalized spacial score (nSPS) is 16.4. The van der Waals surface area contributed by atoms with Gasteiger partial charge in [-0.15, -0.1) is 0 Å². The van der Waals surface area contributed by atoms with Gasteiger partial charge in [-0.05, 0) is 73.9 Å². The van der Waals surface area contributed by atoms with Crippen molar-refractivity contribution in [2.24, 2.45) is 11.8 Å². The van der Waals surface area contributed by atoms with Gasteiger partial charge in [0.05, 0.1) is 36.9 Å². The second-order valence-electron chi connectivity index (χ2n) is 14.2. The van der Waals surface area contributed by atoms with Crippen LogP contribution in [0.15, 0.2) is 48.8 Å². The number of aryl methyl sites for hydroxylation is 1.